The van der Waals surface area contributed by atoms with E-state index in [0.29, 0.717) is 17.5 Å². The molecule has 0 aromatic heterocycles. The predicted octanol–water partition coefficient (Wildman–Crippen LogP) is 3.27. The predicted molar refractivity (Wildman–Crippen MR) is 79.2 cm³/mol. The highest BCUT2D eigenvalue weighted by atomic mass is 79.9. The summed E-state index contributed by atoms with van der Waals surface area (Å²) in [5.74, 6) is 0.374. The van der Waals surface area contributed by atoms with E-state index < -0.39 is 0 Å². The number of ether oxygens (including phenoxy) is 1. The van der Waals surface area contributed by atoms with Crippen molar-refractivity contribution < 1.29 is 4.74 Å². The number of nitrogens with two attached hydrogens (primary N) is 1. The van der Waals surface area contributed by atoms with E-state index in [1.165, 1.54) is 0 Å². The van der Waals surface area contributed by atoms with Gasteiger partial charge < -0.3 is 15.8 Å². The first-order chi connectivity index (χ1) is 8.57. The summed E-state index contributed by atoms with van der Waals surface area (Å²) in [7, 11) is 0. The second kappa shape index (κ2) is 5.78. The van der Waals surface area contributed by atoms with Gasteiger partial charge >= 0.3 is 0 Å². The SMILES string of the molecule is CC1COCCC1(CN)Nc1ccc(Br)c(Cl)c1. The molecule has 2 rings (SSSR count). The molecule has 1 heterocycles. The number of halogens is 2. The lowest BCUT2D eigenvalue weighted by atomic mass is 9.81. The van der Waals surface area contributed by atoms with Gasteiger partial charge in [-0.3, -0.25) is 0 Å². The molecule has 100 valence electrons. The summed E-state index contributed by atoms with van der Waals surface area (Å²) in [6, 6.07) is 5.87. The average molecular weight is 334 g/mol. The van der Waals surface area contributed by atoms with Crippen molar-refractivity contribution in [3.8, 4) is 0 Å². The third-order valence-corrected chi connectivity index (χ3v) is 4.91. The molecular weight excluding hydrogens is 316 g/mol. The van der Waals surface area contributed by atoms with Crippen LogP contribution in [0.1, 0.15) is 13.3 Å². The number of nitrogens with one attached hydrogen (secondary N) is 1. The van der Waals surface area contributed by atoms with Gasteiger partial charge in [-0.25, -0.2) is 0 Å². The summed E-state index contributed by atoms with van der Waals surface area (Å²) in [5.41, 5.74) is 6.88. The molecule has 0 amide bonds. The summed E-state index contributed by atoms with van der Waals surface area (Å²) in [5, 5.41) is 4.25. The van der Waals surface area contributed by atoms with Crippen LogP contribution in [-0.4, -0.2) is 25.3 Å². The maximum Gasteiger partial charge on any atom is 0.0568 e. The zero-order valence-corrected chi connectivity index (χ0v) is 12.7. The standard InChI is InChI=1S/C13H18BrClN2O/c1-9-7-18-5-4-13(9,8-16)17-10-2-3-11(14)12(15)6-10/h2-3,6,9,17H,4-5,7-8,16H2,1H3. The van der Waals surface area contributed by atoms with Crippen molar-refractivity contribution in [3.05, 3.63) is 27.7 Å². The molecule has 1 aromatic rings. The summed E-state index contributed by atoms with van der Waals surface area (Å²) in [4.78, 5) is 0. The highest BCUT2D eigenvalue weighted by Gasteiger charge is 2.37. The third kappa shape index (κ3) is 2.82. The van der Waals surface area contributed by atoms with Gasteiger partial charge in [0.25, 0.3) is 0 Å². The molecule has 0 radical (unpaired) electrons. The zero-order valence-electron chi connectivity index (χ0n) is 10.4. The van der Waals surface area contributed by atoms with Crippen LogP contribution in [0.3, 0.4) is 0 Å². The molecule has 1 aromatic carbocycles. The molecule has 1 fully saturated rings. The Bertz CT molecular complexity index is 429. The minimum absolute atomic E-state index is 0.102. The van der Waals surface area contributed by atoms with Crippen LogP contribution < -0.4 is 11.1 Å². The molecule has 2 unspecified atom stereocenters. The minimum Gasteiger partial charge on any atom is -0.381 e. The monoisotopic (exact) mass is 332 g/mol. The van der Waals surface area contributed by atoms with E-state index in [2.05, 4.69) is 28.2 Å². The summed E-state index contributed by atoms with van der Waals surface area (Å²) in [6.07, 6.45) is 0.915. The Kier molecular flexibility index (Phi) is 4.54. The molecule has 3 nitrogen and oxygen atoms in total. The van der Waals surface area contributed by atoms with E-state index in [1.807, 2.05) is 18.2 Å². The number of benzene rings is 1. The topological polar surface area (TPSA) is 47.3 Å². The Hall–Kier alpha value is -0.290. The van der Waals surface area contributed by atoms with Gasteiger partial charge in [-0.15, -0.1) is 0 Å². The summed E-state index contributed by atoms with van der Waals surface area (Å²) in [6.45, 7) is 4.25. The fourth-order valence-corrected chi connectivity index (χ4v) is 2.75. The fourth-order valence-electron chi connectivity index (χ4n) is 2.32. The van der Waals surface area contributed by atoms with Gasteiger partial charge in [0.15, 0.2) is 0 Å². The molecule has 1 aliphatic rings. The van der Waals surface area contributed by atoms with E-state index in [4.69, 9.17) is 22.1 Å². The molecule has 0 spiro atoms. The van der Waals surface area contributed by atoms with Crippen LogP contribution in [0.2, 0.25) is 5.02 Å². The van der Waals surface area contributed by atoms with Crippen molar-refractivity contribution in [1.29, 1.82) is 0 Å². The van der Waals surface area contributed by atoms with Gasteiger partial charge in [0.1, 0.15) is 0 Å². The van der Waals surface area contributed by atoms with E-state index in [0.717, 1.165) is 29.8 Å². The molecule has 1 aliphatic heterocycles. The molecule has 0 aliphatic carbocycles. The van der Waals surface area contributed by atoms with Gasteiger partial charge in [-0.05, 0) is 40.5 Å². The van der Waals surface area contributed by atoms with Crippen LogP contribution in [0.5, 0.6) is 0 Å². The lowest BCUT2D eigenvalue weighted by Crippen LogP contribution is -2.55. The smallest absolute Gasteiger partial charge is 0.0568 e. The average Bonchev–Trinajstić information content (AvgIpc) is 2.37. The molecule has 0 saturated carbocycles. The molecule has 1 saturated heterocycles. The highest BCUT2D eigenvalue weighted by Crippen LogP contribution is 2.32. The van der Waals surface area contributed by atoms with Crippen LogP contribution in [0, 0.1) is 5.92 Å². The van der Waals surface area contributed by atoms with E-state index >= 15 is 0 Å². The van der Waals surface area contributed by atoms with Crippen LogP contribution in [-0.2, 0) is 4.74 Å². The molecule has 3 N–H and O–H groups in total. The van der Waals surface area contributed by atoms with E-state index in [1.54, 1.807) is 0 Å². The first kappa shape index (κ1) is 14.1. The first-order valence-electron chi connectivity index (χ1n) is 6.08. The van der Waals surface area contributed by atoms with Crippen molar-refractivity contribution in [2.24, 2.45) is 11.7 Å². The van der Waals surface area contributed by atoms with E-state index in [-0.39, 0.29) is 5.54 Å². The highest BCUT2D eigenvalue weighted by molar-refractivity contribution is 9.10. The lowest BCUT2D eigenvalue weighted by Gasteiger charge is -2.43. The van der Waals surface area contributed by atoms with Gasteiger partial charge in [-0.2, -0.15) is 0 Å². The van der Waals surface area contributed by atoms with Crippen LogP contribution in [0.25, 0.3) is 0 Å². The second-order valence-electron chi connectivity index (χ2n) is 4.84. The van der Waals surface area contributed by atoms with Crippen LogP contribution in [0.15, 0.2) is 22.7 Å². The van der Waals surface area contributed by atoms with Crippen LogP contribution >= 0.6 is 27.5 Å². The third-order valence-electron chi connectivity index (χ3n) is 3.68. The number of anilines is 1. The van der Waals surface area contributed by atoms with Crippen molar-refractivity contribution in [2.45, 2.75) is 18.9 Å². The van der Waals surface area contributed by atoms with Gasteiger partial charge in [0.2, 0.25) is 0 Å². The maximum atomic E-state index is 6.11. The van der Waals surface area contributed by atoms with Crippen molar-refractivity contribution in [3.63, 3.8) is 0 Å². The zero-order chi connectivity index (χ0) is 13.2. The van der Waals surface area contributed by atoms with Gasteiger partial charge in [0, 0.05) is 29.2 Å². The Morgan fingerprint density at radius 2 is 2.39 bits per heavy atom. The van der Waals surface area contributed by atoms with Gasteiger partial charge in [-0.1, -0.05) is 18.5 Å². The van der Waals surface area contributed by atoms with E-state index in [9.17, 15) is 0 Å². The van der Waals surface area contributed by atoms with Crippen molar-refractivity contribution >= 4 is 33.2 Å². The van der Waals surface area contributed by atoms with Crippen molar-refractivity contribution in [2.75, 3.05) is 25.1 Å². The molecule has 18 heavy (non-hydrogen) atoms. The Labute approximate surface area is 121 Å². The normalized spacial score (nSPS) is 28.1. The first-order valence-corrected chi connectivity index (χ1v) is 7.25. The minimum atomic E-state index is -0.102. The Morgan fingerprint density at radius 3 is 3.00 bits per heavy atom. The summed E-state index contributed by atoms with van der Waals surface area (Å²) >= 11 is 9.51. The lowest BCUT2D eigenvalue weighted by molar-refractivity contribution is 0.0205. The Morgan fingerprint density at radius 1 is 1.61 bits per heavy atom. The molecule has 5 heteroatoms. The number of hydrogen-bond donors (Lipinski definition) is 2. The second-order valence-corrected chi connectivity index (χ2v) is 6.10. The fraction of sp³-hybridized carbons (Fsp3) is 0.538. The molecule has 0 bridgehead atoms. The molecule has 2 atom stereocenters. The maximum absolute atomic E-state index is 6.11. The van der Waals surface area contributed by atoms with Gasteiger partial charge in [0.05, 0.1) is 17.2 Å². The number of hydrogen-bond acceptors (Lipinski definition) is 3. The van der Waals surface area contributed by atoms with Crippen LogP contribution in [0.4, 0.5) is 5.69 Å². The summed E-state index contributed by atoms with van der Waals surface area (Å²) < 4.78 is 6.39. The molecular formula is C13H18BrClN2O. The largest absolute Gasteiger partial charge is 0.381 e. The van der Waals surface area contributed by atoms with Crippen molar-refractivity contribution in [1.82, 2.24) is 0 Å². The Balaban J connectivity index is 2.21. The number of rotatable bonds is 3. The quantitative estimate of drug-likeness (QED) is 0.892.